The molecule has 0 radical (unpaired) electrons. The van der Waals surface area contributed by atoms with Crippen LogP contribution in [0.2, 0.25) is 0 Å². The van der Waals surface area contributed by atoms with Crippen LogP contribution in [0.3, 0.4) is 0 Å². The zero-order valence-corrected chi connectivity index (χ0v) is 14.5. The quantitative estimate of drug-likeness (QED) is 0.460. The summed E-state index contributed by atoms with van der Waals surface area (Å²) in [5.41, 5.74) is -2.01. The normalized spacial score (nSPS) is 12.1. The van der Waals surface area contributed by atoms with Gasteiger partial charge in [-0.05, 0) is 12.1 Å². The lowest BCUT2D eigenvalue weighted by atomic mass is 10.0. The molecule has 0 saturated carbocycles. The number of benzene rings is 2. The molecule has 0 spiro atoms. The van der Waals surface area contributed by atoms with Crippen molar-refractivity contribution in [3.8, 4) is 0 Å². The van der Waals surface area contributed by atoms with E-state index in [1.165, 1.54) is 30.3 Å². The molecule has 0 saturated heterocycles. The number of esters is 1. The lowest BCUT2D eigenvalue weighted by Crippen LogP contribution is -2.43. The lowest BCUT2D eigenvalue weighted by Gasteiger charge is -2.18. The number of nitro groups is 1. The Morgan fingerprint density at radius 3 is 2.36 bits per heavy atom. The molecule has 0 bridgehead atoms. The van der Waals surface area contributed by atoms with Crippen LogP contribution in [0.5, 0.6) is 0 Å². The number of carbonyl (C=O) groups excluding carboxylic acids is 2. The van der Waals surface area contributed by atoms with Gasteiger partial charge in [-0.3, -0.25) is 14.9 Å². The van der Waals surface area contributed by atoms with E-state index in [1.54, 1.807) is 0 Å². The summed E-state index contributed by atoms with van der Waals surface area (Å²) in [6, 6.07) is 8.18. The van der Waals surface area contributed by atoms with Gasteiger partial charge in [0.1, 0.15) is 6.04 Å². The first-order valence-corrected chi connectivity index (χ1v) is 7.92. The molecule has 2 aromatic rings. The Bertz CT molecular complexity index is 899. The maximum atomic E-state index is 13.1. The molecule has 148 valence electrons. The average Bonchev–Trinajstić information content (AvgIpc) is 2.66. The topological polar surface area (TPSA) is 98.5 Å². The van der Waals surface area contributed by atoms with E-state index in [1.807, 2.05) is 0 Å². The highest BCUT2D eigenvalue weighted by Crippen LogP contribution is 2.32. The van der Waals surface area contributed by atoms with Crippen molar-refractivity contribution in [3.05, 3.63) is 75.3 Å². The predicted molar refractivity (Wildman–Crippen MR) is 91.5 cm³/mol. The van der Waals surface area contributed by atoms with Gasteiger partial charge in [-0.15, -0.1) is 0 Å². The van der Waals surface area contributed by atoms with Crippen molar-refractivity contribution in [3.63, 3.8) is 0 Å². The van der Waals surface area contributed by atoms with Crippen molar-refractivity contribution in [2.24, 2.45) is 0 Å². The Morgan fingerprint density at radius 1 is 1.14 bits per heavy atom. The fourth-order valence-corrected chi connectivity index (χ4v) is 2.58. The summed E-state index contributed by atoms with van der Waals surface area (Å²) in [5, 5.41) is 13.3. The van der Waals surface area contributed by atoms with E-state index in [0.29, 0.717) is 0 Å². The third-order valence-electron chi connectivity index (χ3n) is 3.88. The largest absolute Gasteiger partial charge is 0.467 e. The number of nitrogens with zero attached hydrogens (tertiary/aromatic N) is 1. The van der Waals surface area contributed by atoms with Crippen molar-refractivity contribution in [1.29, 1.82) is 0 Å². The van der Waals surface area contributed by atoms with Gasteiger partial charge in [0, 0.05) is 18.1 Å². The van der Waals surface area contributed by atoms with Crippen molar-refractivity contribution in [1.82, 2.24) is 5.32 Å². The van der Waals surface area contributed by atoms with E-state index in [9.17, 15) is 32.9 Å². The molecule has 2 rings (SSSR count). The summed E-state index contributed by atoms with van der Waals surface area (Å²) < 4.78 is 43.9. The smallest absolute Gasteiger partial charge is 0.417 e. The van der Waals surface area contributed by atoms with Crippen molar-refractivity contribution < 1.29 is 32.4 Å². The SMILES string of the molecule is COC(=O)[C@@H](Cc1ccccc1[N+](=O)[O-])NC(=O)c1ccccc1C(F)(F)F. The molecule has 7 nitrogen and oxygen atoms in total. The number of hydrogen-bond acceptors (Lipinski definition) is 5. The second-order valence-corrected chi connectivity index (χ2v) is 5.68. The first-order valence-electron chi connectivity index (χ1n) is 7.92. The number of nitrogens with one attached hydrogen (secondary N) is 1. The average molecular weight is 396 g/mol. The number of amides is 1. The summed E-state index contributed by atoms with van der Waals surface area (Å²) in [6.45, 7) is 0. The molecule has 0 aliphatic heterocycles. The minimum atomic E-state index is -4.77. The first kappa shape index (κ1) is 20.9. The predicted octanol–water partition coefficient (Wildman–Crippen LogP) is 3.13. The molecule has 1 N–H and O–H groups in total. The van der Waals surface area contributed by atoms with E-state index in [4.69, 9.17) is 0 Å². The highest BCUT2D eigenvalue weighted by atomic mass is 19.4. The Balaban J connectivity index is 2.33. The Labute approximate surface area is 157 Å². The summed E-state index contributed by atoms with van der Waals surface area (Å²) in [4.78, 5) is 34.9. The molecule has 2 aromatic carbocycles. The number of halogens is 3. The molecule has 1 atom stereocenters. The maximum Gasteiger partial charge on any atom is 0.417 e. The highest BCUT2D eigenvalue weighted by Gasteiger charge is 2.36. The van der Waals surface area contributed by atoms with E-state index in [2.05, 4.69) is 10.1 Å². The summed E-state index contributed by atoms with van der Waals surface area (Å²) in [7, 11) is 1.03. The number of carbonyl (C=O) groups is 2. The van der Waals surface area contributed by atoms with Crippen LogP contribution in [0.15, 0.2) is 48.5 Å². The minimum Gasteiger partial charge on any atom is -0.467 e. The van der Waals surface area contributed by atoms with Gasteiger partial charge in [-0.1, -0.05) is 30.3 Å². The monoisotopic (exact) mass is 396 g/mol. The third kappa shape index (κ3) is 4.84. The van der Waals surface area contributed by atoms with Gasteiger partial charge in [0.15, 0.2) is 0 Å². The van der Waals surface area contributed by atoms with Crippen LogP contribution in [-0.4, -0.2) is 30.0 Å². The fraction of sp³-hybridized carbons (Fsp3) is 0.222. The van der Waals surface area contributed by atoms with Gasteiger partial charge in [0.2, 0.25) is 0 Å². The van der Waals surface area contributed by atoms with Crippen LogP contribution in [0.1, 0.15) is 21.5 Å². The van der Waals surface area contributed by atoms with Gasteiger partial charge in [0.05, 0.1) is 23.2 Å². The number of alkyl halides is 3. The van der Waals surface area contributed by atoms with E-state index < -0.39 is 40.1 Å². The second-order valence-electron chi connectivity index (χ2n) is 5.68. The number of hydrogen-bond donors (Lipinski definition) is 1. The van der Waals surface area contributed by atoms with Gasteiger partial charge in [-0.2, -0.15) is 13.2 Å². The van der Waals surface area contributed by atoms with Gasteiger partial charge >= 0.3 is 12.1 Å². The third-order valence-corrected chi connectivity index (χ3v) is 3.88. The Kier molecular flexibility index (Phi) is 6.34. The van der Waals surface area contributed by atoms with Crippen LogP contribution in [0.4, 0.5) is 18.9 Å². The van der Waals surface area contributed by atoms with Crippen LogP contribution >= 0.6 is 0 Å². The molecule has 0 aromatic heterocycles. The molecule has 1 amide bonds. The number of methoxy groups -OCH3 is 1. The zero-order chi connectivity index (χ0) is 20.9. The maximum absolute atomic E-state index is 13.1. The molecular weight excluding hydrogens is 381 g/mol. The van der Waals surface area contributed by atoms with Gasteiger partial charge in [-0.25, -0.2) is 4.79 Å². The second kappa shape index (κ2) is 8.51. The van der Waals surface area contributed by atoms with Crippen molar-refractivity contribution in [2.45, 2.75) is 18.6 Å². The lowest BCUT2D eigenvalue weighted by molar-refractivity contribution is -0.385. The molecule has 0 aliphatic rings. The molecule has 0 unspecified atom stereocenters. The Hall–Kier alpha value is -3.43. The molecule has 28 heavy (non-hydrogen) atoms. The van der Waals surface area contributed by atoms with Crippen LogP contribution in [0, 0.1) is 10.1 Å². The fourth-order valence-electron chi connectivity index (χ4n) is 2.58. The van der Waals surface area contributed by atoms with Crippen LogP contribution in [0.25, 0.3) is 0 Å². The van der Waals surface area contributed by atoms with E-state index in [-0.39, 0.29) is 17.7 Å². The van der Waals surface area contributed by atoms with Gasteiger partial charge in [0.25, 0.3) is 11.6 Å². The number of para-hydroxylation sites is 1. The minimum absolute atomic E-state index is 0.118. The first-order chi connectivity index (χ1) is 13.1. The van der Waals surface area contributed by atoms with E-state index in [0.717, 1.165) is 25.3 Å². The number of rotatable bonds is 6. The molecule has 10 heteroatoms. The molecule has 0 aliphatic carbocycles. The molecule has 0 heterocycles. The number of nitro benzene ring substituents is 1. The highest BCUT2D eigenvalue weighted by molar-refractivity contribution is 5.98. The summed E-state index contributed by atoms with van der Waals surface area (Å²) in [5.74, 6) is -2.10. The van der Waals surface area contributed by atoms with Crippen molar-refractivity contribution >= 4 is 17.6 Å². The van der Waals surface area contributed by atoms with Gasteiger partial charge < -0.3 is 10.1 Å². The van der Waals surface area contributed by atoms with E-state index >= 15 is 0 Å². The number of ether oxygens (including phenoxy) is 1. The zero-order valence-electron chi connectivity index (χ0n) is 14.5. The summed E-state index contributed by atoms with van der Waals surface area (Å²) in [6.07, 6.45) is -5.10. The summed E-state index contributed by atoms with van der Waals surface area (Å²) >= 11 is 0. The van der Waals surface area contributed by atoms with Crippen LogP contribution < -0.4 is 5.32 Å². The Morgan fingerprint density at radius 2 is 1.75 bits per heavy atom. The van der Waals surface area contributed by atoms with Crippen molar-refractivity contribution in [2.75, 3.05) is 7.11 Å². The molecule has 0 fully saturated rings. The van der Waals surface area contributed by atoms with Crippen LogP contribution in [-0.2, 0) is 22.1 Å². The standard InChI is InChI=1S/C18H15F3N2O5/c1-28-17(25)14(10-11-6-2-5-9-15(11)23(26)27)22-16(24)12-7-3-4-8-13(12)18(19,20)21/h2-9,14H,10H2,1H3,(H,22,24)/t14-/m1/s1. The molecular formula is C18H15F3N2O5.